The van der Waals surface area contributed by atoms with Crippen LogP contribution < -0.4 is 11.5 Å². The van der Waals surface area contributed by atoms with Gasteiger partial charge in [-0.3, -0.25) is 0 Å². The van der Waals surface area contributed by atoms with E-state index in [0.717, 1.165) is 12.8 Å². The minimum absolute atomic E-state index is 0.151. The topological polar surface area (TPSA) is 121 Å². The Morgan fingerprint density at radius 3 is 2.82 bits per heavy atom. The standard InChI is InChI=1S/C8H10N8S/c9-5-3-6(12-7(10)11-5)17-8-13-14-15-16(8)4-1-2-4/h3-4H,1-2H2,(H4,9,10,11,12). The molecule has 0 saturated heterocycles. The molecule has 0 unspecified atom stereocenters. The lowest BCUT2D eigenvalue weighted by molar-refractivity contribution is 0.565. The average Bonchev–Trinajstić information content (AvgIpc) is 2.99. The van der Waals surface area contributed by atoms with Crippen molar-refractivity contribution in [3.8, 4) is 0 Å². The van der Waals surface area contributed by atoms with E-state index in [0.29, 0.717) is 22.0 Å². The van der Waals surface area contributed by atoms with Crippen molar-refractivity contribution in [1.82, 2.24) is 30.2 Å². The molecule has 4 N–H and O–H groups in total. The van der Waals surface area contributed by atoms with Crippen LogP contribution in [-0.2, 0) is 0 Å². The second-order valence-corrected chi connectivity index (χ2v) is 4.72. The van der Waals surface area contributed by atoms with Gasteiger partial charge in [0.25, 0.3) is 0 Å². The van der Waals surface area contributed by atoms with Gasteiger partial charge >= 0.3 is 0 Å². The van der Waals surface area contributed by atoms with Crippen molar-refractivity contribution in [2.24, 2.45) is 0 Å². The maximum Gasteiger partial charge on any atom is 0.223 e. The van der Waals surface area contributed by atoms with Crippen LogP contribution in [0.4, 0.5) is 11.8 Å². The highest BCUT2D eigenvalue weighted by Gasteiger charge is 2.28. The number of tetrazole rings is 1. The minimum atomic E-state index is 0.151. The second-order valence-electron chi connectivity index (χ2n) is 3.73. The molecule has 1 aliphatic rings. The first-order chi connectivity index (χ1) is 8.22. The molecular weight excluding hydrogens is 240 g/mol. The van der Waals surface area contributed by atoms with Crippen molar-refractivity contribution in [2.75, 3.05) is 11.5 Å². The van der Waals surface area contributed by atoms with Crippen LogP contribution in [-0.4, -0.2) is 30.2 Å². The van der Waals surface area contributed by atoms with Gasteiger partial charge in [-0.05, 0) is 35.0 Å². The molecular formula is C8H10N8S. The van der Waals surface area contributed by atoms with Crippen LogP contribution in [0.15, 0.2) is 16.2 Å². The molecule has 1 fully saturated rings. The number of aromatic nitrogens is 6. The van der Waals surface area contributed by atoms with Gasteiger partial charge in [-0.25, -0.2) is 9.67 Å². The van der Waals surface area contributed by atoms with Crippen LogP contribution in [0.5, 0.6) is 0 Å². The zero-order chi connectivity index (χ0) is 11.8. The van der Waals surface area contributed by atoms with Gasteiger partial charge in [-0.1, -0.05) is 0 Å². The summed E-state index contributed by atoms with van der Waals surface area (Å²) in [6, 6.07) is 2.07. The number of hydrogen-bond acceptors (Lipinski definition) is 8. The highest BCUT2D eigenvalue weighted by molar-refractivity contribution is 7.99. The molecule has 17 heavy (non-hydrogen) atoms. The lowest BCUT2D eigenvalue weighted by Crippen LogP contribution is -2.02. The van der Waals surface area contributed by atoms with Gasteiger partial charge in [0.05, 0.1) is 6.04 Å². The summed E-state index contributed by atoms with van der Waals surface area (Å²) >= 11 is 1.33. The first kappa shape index (κ1) is 10.3. The Balaban J connectivity index is 1.88. The molecule has 1 aliphatic carbocycles. The average molecular weight is 250 g/mol. The van der Waals surface area contributed by atoms with Crippen molar-refractivity contribution >= 4 is 23.5 Å². The van der Waals surface area contributed by atoms with E-state index in [2.05, 4.69) is 25.5 Å². The Hall–Kier alpha value is -1.90. The third-order valence-electron chi connectivity index (χ3n) is 2.29. The highest BCUT2D eigenvalue weighted by atomic mass is 32.2. The first-order valence-corrected chi connectivity index (χ1v) is 5.90. The SMILES string of the molecule is Nc1cc(Sc2nnnn2C2CC2)nc(N)n1. The summed E-state index contributed by atoms with van der Waals surface area (Å²) < 4.78 is 1.80. The lowest BCUT2D eigenvalue weighted by Gasteiger charge is -2.02. The molecule has 8 nitrogen and oxygen atoms in total. The van der Waals surface area contributed by atoms with Crippen LogP contribution in [0.1, 0.15) is 18.9 Å². The fourth-order valence-corrected chi connectivity index (χ4v) is 2.27. The third kappa shape index (κ3) is 2.13. The third-order valence-corrected chi connectivity index (χ3v) is 3.16. The largest absolute Gasteiger partial charge is 0.383 e. The van der Waals surface area contributed by atoms with Gasteiger partial charge in [-0.15, -0.1) is 5.10 Å². The van der Waals surface area contributed by atoms with Crippen molar-refractivity contribution in [2.45, 2.75) is 29.1 Å². The minimum Gasteiger partial charge on any atom is -0.383 e. The van der Waals surface area contributed by atoms with Crippen LogP contribution in [0.25, 0.3) is 0 Å². The number of hydrogen-bond donors (Lipinski definition) is 2. The molecule has 3 rings (SSSR count). The summed E-state index contributed by atoms with van der Waals surface area (Å²) in [7, 11) is 0. The van der Waals surface area contributed by atoms with E-state index in [9.17, 15) is 0 Å². The molecule has 0 aliphatic heterocycles. The van der Waals surface area contributed by atoms with E-state index in [4.69, 9.17) is 11.5 Å². The maximum absolute atomic E-state index is 5.60. The summed E-state index contributed by atoms with van der Waals surface area (Å²) in [4.78, 5) is 7.88. The molecule has 2 aromatic rings. The molecule has 0 spiro atoms. The van der Waals surface area contributed by atoms with E-state index >= 15 is 0 Å². The van der Waals surface area contributed by atoms with Gasteiger partial charge in [0.1, 0.15) is 10.8 Å². The summed E-state index contributed by atoms with van der Waals surface area (Å²) in [5.74, 6) is 0.489. The van der Waals surface area contributed by atoms with Crippen LogP contribution in [0.2, 0.25) is 0 Å². The number of anilines is 2. The van der Waals surface area contributed by atoms with E-state index in [1.165, 1.54) is 11.8 Å². The number of nitrogens with two attached hydrogens (primary N) is 2. The molecule has 0 atom stereocenters. The summed E-state index contributed by atoms with van der Waals surface area (Å²) in [5, 5.41) is 12.9. The molecule has 2 aromatic heterocycles. The lowest BCUT2D eigenvalue weighted by atomic mass is 10.6. The molecule has 88 valence electrons. The normalized spacial score (nSPS) is 15.1. The van der Waals surface area contributed by atoms with E-state index in [-0.39, 0.29) is 5.95 Å². The van der Waals surface area contributed by atoms with Gasteiger partial charge < -0.3 is 11.5 Å². The predicted molar refractivity (Wildman–Crippen MR) is 61.1 cm³/mol. The van der Waals surface area contributed by atoms with Gasteiger partial charge in [-0.2, -0.15) is 4.98 Å². The van der Waals surface area contributed by atoms with E-state index in [1.54, 1.807) is 10.7 Å². The smallest absolute Gasteiger partial charge is 0.223 e. The Morgan fingerprint density at radius 1 is 1.29 bits per heavy atom. The zero-order valence-corrected chi connectivity index (χ0v) is 9.63. The molecule has 0 radical (unpaired) electrons. The molecule has 0 bridgehead atoms. The molecule has 9 heteroatoms. The molecule has 2 heterocycles. The number of nitrogens with zero attached hydrogens (tertiary/aromatic N) is 6. The fourth-order valence-electron chi connectivity index (χ4n) is 1.41. The van der Waals surface area contributed by atoms with Crippen molar-refractivity contribution in [1.29, 1.82) is 0 Å². The monoisotopic (exact) mass is 250 g/mol. The van der Waals surface area contributed by atoms with E-state index < -0.39 is 0 Å². The Kier molecular flexibility index (Phi) is 2.32. The number of rotatable bonds is 3. The van der Waals surface area contributed by atoms with Crippen molar-refractivity contribution in [3.63, 3.8) is 0 Å². The predicted octanol–water partition coefficient (Wildman–Crippen LogP) is 0.114. The van der Waals surface area contributed by atoms with Crippen LogP contribution >= 0.6 is 11.8 Å². The Morgan fingerprint density at radius 2 is 2.12 bits per heavy atom. The quantitative estimate of drug-likeness (QED) is 0.736. The maximum atomic E-state index is 5.60. The van der Waals surface area contributed by atoms with Gasteiger partial charge in [0.2, 0.25) is 11.1 Å². The number of nitrogen functional groups attached to an aromatic ring is 2. The Bertz CT molecular complexity index is 528. The second kappa shape index (κ2) is 3.84. The summed E-state index contributed by atoms with van der Waals surface area (Å²) in [5.41, 5.74) is 11.1. The molecule has 0 amide bonds. The molecule has 0 aromatic carbocycles. The first-order valence-electron chi connectivity index (χ1n) is 5.08. The van der Waals surface area contributed by atoms with Gasteiger partial charge in [0.15, 0.2) is 0 Å². The van der Waals surface area contributed by atoms with Crippen molar-refractivity contribution < 1.29 is 0 Å². The van der Waals surface area contributed by atoms with E-state index in [1.807, 2.05) is 0 Å². The van der Waals surface area contributed by atoms with Crippen LogP contribution in [0.3, 0.4) is 0 Å². The Labute approximate surface area is 101 Å². The van der Waals surface area contributed by atoms with Gasteiger partial charge in [0, 0.05) is 6.07 Å². The highest BCUT2D eigenvalue weighted by Crippen LogP contribution is 2.37. The van der Waals surface area contributed by atoms with Crippen molar-refractivity contribution in [3.05, 3.63) is 6.07 Å². The fraction of sp³-hybridized carbons (Fsp3) is 0.375. The molecule has 1 saturated carbocycles. The summed E-state index contributed by atoms with van der Waals surface area (Å²) in [6.07, 6.45) is 2.24. The van der Waals surface area contributed by atoms with Crippen LogP contribution in [0, 0.1) is 0 Å². The summed E-state index contributed by atoms with van der Waals surface area (Å²) in [6.45, 7) is 0. The zero-order valence-electron chi connectivity index (χ0n) is 8.82.